The van der Waals surface area contributed by atoms with Crippen LogP contribution in [0.2, 0.25) is 0 Å². The van der Waals surface area contributed by atoms with Gasteiger partial charge in [0.2, 0.25) is 0 Å². The number of phenolic OH excluding ortho intramolecular Hbond substituents is 1. The maximum atomic E-state index is 13.2. The third kappa shape index (κ3) is 4.05. The molecular formula is C27H21FN2O2. The molecule has 5 heteroatoms. The van der Waals surface area contributed by atoms with Crippen LogP contribution in [0.3, 0.4) is 0 Å². The highest BCUT2D eigenvalue weighted by Gasteiger charge is 2.13. The molecule has 0 spiro atoms. The zero-order chi connectivity index (χ0) is 21.9. The zero-order valence-corrected chi connectivity index (χ0v) is 17.3. The minimum absolute atomic E-state index is 0.166. The lowest BCUT2D eigenvalue weighted by Crippen LogP contribution is -2.10. The first-order valence-electron chi connectivity index (χ1n) is 10.4. The average molecular weight is 424 g/mol. The van der Waals surface area contributed by atoms with Gasteiger partial charge in [-0.3, -0.25) is 4.99 Å². The number of nitrogens with zero attached hydrogens (tertiary/aromatic N) is 1. The largest absolute Gasteiger partial charge is 0.507 e. The predicted molar refractivity (Wildman–Crippen MR) is 125 cm³/mol. The first-order chi connectivity index (χ1) is 15.7. The summed E-state index contributed by atoms with van der Waals surface area (Å²) in [7, 11) is 0. The van der Waals surface area contributed by atoms with Gasteiger partial charge in [0.1, 0.15) is 17.3 Å². The summed E-state index contributed by atoms with van der Waals surface area (Å²) in [6, 6.07) is 21.7. The molecule has 0 unspecified atom stereocenters. The van der Waals surface area contributed by atoms with Crippen molar-refractivity contribution in [2.24, 2.45) is 4.99 Å². The van der Waals surface area contributed by atoms with Crippen LogP contribution in [-0.4, -0.2) is 17.9 Å². The quantitative estimate of drug-likeness (QED) is 0.412. The van der Waals surface area contributed by atoms with E-state index >= 15 is 0 Å². The van der Waals surface area contributed by atoms with Crippen LogP contribution >= 0.6 is 0 Å². The highest BCUT2D eigenvalue weighted by molar-refractivity contribution is 5.93. The van der Waals surface area contributed by atoms with E-state index in [1.54, 1.807) is 24.5 Å². The Morgan fingerprint density at radius 1 is 0.969 bits per heavy atom. The van der Waals surface area contributed by atoms with E-state index in [2.05, 4.69) is 22.4 Å². The first-order valence-corrected chi connectivity index (χ1v) is 10.4. The van der Waals surface area contributed by atoms with Gasteiger partial charge in [-0.05, 0) is 64.2 Å². The highest BCUT2D eigenvalue weighted by atomic mass is 19.1. The molecule has 0 amide bonds. The molecule has 0 fully saturated rings. The molecule has 5 rings (SSSR count). The van der Waals surface area contributed by atoms with Gasteiger partial charge in [-0.1, -0.05) is 36.4 Å². The normalized spacial score (nSPS) is 13.8. The number of benzene rings is 3. The van der Waals surface area contributed by atoms with E-state index in [-0.39, 0.29) is 11.6 Å². The maximum absolute atomic E-state index is 13.2. The molecule has 1 aliphatic rings. The first kappa shape index (κ1) is 19.8. The molecule has 0 saturated heterocycles. The lowest BCUT2D eigenvalue weighted by molar-refractivity contribution is 0.476. The van der Waals surface area contributed by atoms with Crippen molar-refractivity contribution in [1.82, 2.24) is 5.32 Å². The number of rotatable bonds is 5. The Balaban J connectivity index is 1.33. The van der Waals surface area contributed by atoms with Crippen LogP contribution in [0.15, 0.2) is 94.7 Å². The highest BCUT2D eigenvalue weighted by Crippen LogP contribution is 2.31. The fourth-order valence-corrected chi connectivity index (χ4v) is 3.85. The number of furan rings is 1. The molecule has 0 radical (unpaired) electrons. The second-order valence-corrected chi connectivity index (χ2v) is 7.66. The summed E-state index contributed by atoms with van der Waals surface area (Å²) in [5.74, 6) is 0.700. The Morgan fingerprint density at radius 2 is 1.81 bits per heavy atom. The van der Waals surface area contributed by atoms with Crippen molar-refractivity contribution < 1.29 is 13.9 Å². The van der Waals surface area contributed by atoms with Gasteiger partial charge in [0.05, 0.1) is 12.8 Å². The number of hydrogen-bond donors (Lipinski definition) is 2. The van der Waals surface area contributed by atoms with Crippen molar-refractivity contribution in [3.05, 3.63) is 108 Å². The summed E-state index contributed by atoms with van der Waals surface area (Å²) in [5.41, 5.74) is 6.69. The standard InChI is InChI=1S/C27H21FN2O2/c28-23-8-6-19(7-9-23)24-10-3-18(12-26(24)31)14-29-16-22-17-30-15-21-5-4-20(13-25(21)22)27-2-1-11-32-27/h1-13,15-16,29,31H,14,17H2. The third-order valence-corrected chi connectivity index (χ3v) is 5.50. The topological polar surface area (TPSA) is 57.8 Å². The lowest BCUT2D eigenvalue weighted by Gasteiger charge is -2.15. The van der Waals surface area contributed by atoms with Crippen molar-refractivity contribution >= 4 is 11.8 Å². The summed E-state index contributed by atoms with van der Waals surface area (Å²) in [6.45, 7) is 1.15. The number of hydrogen-bond acceptors (Lipinski definition) is 4. The number of phenols is 1. The lowest BCUT2D eigenvalue weighted by atomic mass is 9.95. The van der Waals surface area contributed by atoms with Gasteiger partial charge in [0.15, 0.2) is 0 Å². The molecule has 0 bridgehead atoms. The predicted octanol–water partition coefficient (Wildman–Crippen LogP) is 6.02. The Morgan fingerprint density at radius 3 is 2.59 bits per heavy atom. The van der Waals surface area contributed by atoms with E-state index < -0.39 is 0 Å². The Labute approximate surface area is 185 Å². The number of nitrogens with one attached hydrogen (secondary N) is 1. The zero-order valence-electron chi connectivity index (χ0n) is 17.3. The molecule has 4 aromatic rings. The van der Waals surface area contributed by atoms with E-state index in [0.717, 1.165) is 39.2 Å². The minimum atomic E-state index is -0.299. The number of aliphatic imine (C=N–C) groups is 1. The molecule has 1 aliphatic heterocycles. The van der Waals surface area contributed by atoms with Gasteiger partial charge >= 0.3 is 0 Å². The van der Waals surface area contributed by atoms with Gasteiger partial charge in [0.25, 0.3) is 0 Å². The number of aromatic hydroxyl groups is 1. The molecule has 0 saturated carbocycles. The van der Waals surface area contributed by atoms with E-state index in [1.807, 2.05) is 42.7 Å². The molecular weight excluding hydrogens is 403 g/mol. The van der Waals surface area contributed by atoms with Crippen molar-refractivity contribution in [2.45, 2.75) is 6.54 Å². The van der Waals surface area contributed by atoms with Crippen LogP contribution in [0.5, 0.6) is 5.75 Å². The van der Waals surface area contributed by atoms with Gasteiger partial charge < -0.3 is 14.8 Å². The van der Waals surface area contributed by atoms with Crippen LogP contribution in [-0.2, 0) is 6.54 Å². The molecule has 158 valence electrons. The van der Waals surface area contributed by atoms with Crippen LogP contribution in [0, 0.1) is 5.82 Å². The van der Waals surface area contributed by atoms with E-state index in [1.165, 1.54) is 12.1 Å². The second kappa shape index (κ2) is 8.55. The Hall–Kier alpha value is -4.12. The van der Waals surface area contributed by atoms with Gasteiger partial charge in [0, 0.05) is 30.1 Å². The van der Waals surface area contributed by atoms with Crippen LogP contribution < -0.4 is 5.32 Å². The van der Waals surface area contributed by atoms with E-state index in [4.69, 9.17) is 4.42 Å². The molecule has 3 aromatic carbocycles. The smallest absolute Gasteiger partial charge is 0.133 e. The van der Waals surface area contributed by atoms with Crippen molar-refractivity contribution in [1.29, 1.82) is 0 Å². The Kier molecular flexibility index (Phi) is 5.30. The SMILES string of the molecule is Oc1cc(CNC=C2CN=Cc3ccc(-c4ccco4)cc32)ccc1-c1ccc(F)cc1. The van der Waals surface area contributed by atoms with E-state index in [9.17, 15) is 9.50 Å². The van der Waals surface area contributed by atoms with Crippen molar-refractivity contribution in [3.8, 4) is 28.2 Å². The molecule has 32 heavy (non-hydrogen) atoms. The number of fused-ring (bicyclic) bond motifs is 1. The summed E-state index contributed by atoms with van der Waals surface area (Å²) < 4.78 is 18.7. The molecule has 0 aliphatic carbocycles. The minimum Gasteiger partial charge on any atom is -0.507 e. The van der Waals surface area contributed by atoms with Gasteiger partial charge in [-0.15, -0.1) is 0 Å². The summed E-state index contributed by atoms with van der Waals surface area (Å²) >= 11 is 0. The molecule has 0 atom stereocenters. The fourth-order valence-electron chi connectivity index (χ4n) is 3.85. The monoisotopic (exact) mass is 424 g/mol. The van der Waals surface area contributed by atoms with Crippen LogP contribution in [0.1, 0.15) is 16.7 Å². The van der Waals surface area contributed by atoms with Crippen molar-refractivity contribution in [3.63, 3.8) is 0 Å². The fraction of sp³-hybridized carbons (Fsp3) is 0.0741. The van der Waals surface area contributed by atoms with Crippen molar-refractivity contribution in [2.75, 3.05) is 6.54 Å². The third-order valence-electron chi connectivity index (χ3n) is 5.50. The summed E-state index contributed by atoms with van der Waals surface area (Å²) in [4.78, 5) is 4.46. The maximum Gasteiger partial charge on any atom is 0.133 e. The van der Waals surface area contributed by atoms with Crippen LogP contribution in [0.4, 0.5) is 4.39 Å². The second-order valence-electron chi connectivity index (χ2n) is 7.66. The summed E-state index contributed by atoms with van der Waals surface area (Å²) in [5, 5.41) is 13.8. The van der Waals surface area contributed by atoms with E-state index in [0.29, 0.717) is 18.7 Å². The Bertz CT molecular complexity index is 1310. The molecule has 1 aromatic heterocycles. The molecule has 4 nitrogen and oxygen atoms in total. The van der Waals surface area contributed by atoms with Crippen LogP contribution in [0.25, 0.3) is 28.0 Å². The molecule has 2 heterocycles. The van der Waals surface area contributed by atoms with Gasteiger partial charge in [-0.2, -0.15) is 0 Å². The summed E-state index contributed by atoms with van der Waals surface area (Å²) in [6.07, 6.45) is 5.54. The van der Waals surface area contributed by atoms with Gasteiger partial charge in [-0.25, -0.2) is 4.39 Å². The molecule has 2 N–H and O–H groups in total. The number of halogens is 1. The average Bonchev–Trinajstić information content (AvgIpc) is 3.35.